The van der Waals surface area contributed by atoms with Crippen molar-refractivity contribution in [2.24, 2.45) is 11.1 Å². The van der Waals surface area contributed by atoms with Crippen LogP contribution >= 0.6 is 0 Å². The number of hydrogen-bond acceptors (Lipinski definition) is 4. The minimum atomic E-state index is -0.368. The van der Waals surface area contributed by atoms with Gasteiger partial charge in [0.2, 0.25) is 0 Å². The van der Waals surface area contributed by atoms with Crippen LogP contribution < -0.4 is 15.2 Å². The molecule has 0 amide bonds. The van der Waals surface area contributed by atoms with Gasteiger partial charge in [-0.25, -0.2) is 0 Å². The summed E-state index contributed by atoms with van der Waals surface area (Å²) in [5.41, 5.74) is 6.86. The molecular formula is C14H19NO3. The molecule has 1 saturated carbocycles. The first-order valence-corrected chi connectivity index (χ1v) is 6.05. The van der Waals surface area contributed by atoms with Gasteiger partial charge in [-0.1, -0.05) is 0 Å². The number of nitrogens with two attached hydrogens (primary N) is 1. The van der Waals surface area contributed by atoms with Crippen LogP contribution in [0.1, 0.15) is 28.8 Å². The monoisotopic (exact) mass is 249 g/mol. The van der Waals surface area contributed by atoms with Gasteiger partial charge in [-0.3, -0.25) is 4.79 Å². The Balaban J connectivity index is 2.45. The van der Waals surface area contributed by atoms with Gasteiger partial charge < -0.3 is 15.2 Å². The van der Waals surface area contributed by atoms with Crippen LogP contribution in [-0.2, 0) is 0 Å². The fraction of sp³-hybridized carbons (Fsp3) is 0.500. The number of carbonyl (C=O) groups is 1. The Morgan fingerprint density at radius 2 is 1.89 bits per heavy atom. The van der Waals surface area contributed by atoms with Gasteiger partial charge in [0.1, 0.15) is 11.5 Å². The summed E-state index contributed by atoms with van der Waals surface area (Å²) in [5, 5.41) is 0. The molecule has 2 N–H and O–H groups in total. The molecule has 0 radical (unpaired) electrons. The summed E-state index contributed by atoms with van der Waals surface area (Å²) in [4.78, 5) is 12.5. The molecule has 0 saturated heterocycles. The van der Waals surface area contributed by atoms with Crippen molar-refractivity contribution in [2.75, 3.05) is 20.8 Å². The number of ether oxygens (including phenoxy) is 2. The summed E-state index contributed by atoms with van der Waals surface area (Å²) < 4.78 is 10.6. The van der Waals surface area contributed by atoms with Gasteiger partial charge >= 0.3 is 0 Å². The number of ketones is 1. The first-order valence-electron chi connectivity index (χ1n) is 6.05. The van der Waals surface area contributed by atoms with E-state index in [1.807, 2.05) is 13.0 Å². The molecule has 0 aromatic heterocycles. The number of rotatable bonds is 5. The van der Waals surface area contributed by atoms with E-state index < -0.39 is 0 Å². The normalized spacial score (nSPS) is 16.2. The fourth-order valence-electron chi connectivity index (χ4n) is 2.19. The second-order valence-electron chi connectivity index (χ2n) is 4.84. The van der Waals surface area contributed by atoms with Gasteiger partial charge in [0.05, 0.1) is 19.8 Å². The minimum absolute atomic E-state index is 0.0696. The van der Waals surface area contributed by atoms with Crippen LogP contribution in [0, 0.1) is 12.3 Å². The average Bonchev–Trinajstić information content (AvgIpc) is 3.18. The second kappa shape index (κ2) is 4.61. The van der Waals surface area contributed by atoms with Crippen LogP contribution in [0.5, 0.6) is 11.5 Å². The van der Waals surface area contributed by atoms with Crippen molar-refractivity contribution >= 4 is 5.78 Å². The summed E-state index contributed by atoms with van der Waals surface area (Å²) in [5.74, 6) is 1.37. The Hall–Kier alpha value is -1.55. The molecule has 98 valence electrons. The Labute approximate surface area is 107 Å². The van der Waals surface area contributed by atoms with E-state index in [4.69, 9.17) is 15.2 Å². The lowest BCUT2D eigenvalue weighted by Gasteiger charge is -2.16. The number of Topliss-reactive ketones (excluding diaryl/α,β-unsaturated/α-hetero) is 1. The van der Waals surface area contributed by atoms with E-state index in [0.29, 0.717) is 23.6 Å². The highest BCUT2D eigenvalue weighted by molar-refractivity contribution is 6.05. The lowest BCUT2D eigenvalue weighted by atomic mass is 9.93. The molecule has 4 nitrogen and oxygen atoms in total. The minimum Gasteiger partial charge on any atom is -0.496 e. The van der Waals surface area contributed by atoms with Crippen LogP contribution in [0.2, 0.25) is 0 Å². The zero-order chi connectivity index (χ0) is 13.3. The third-order valence-electron chi connectivity index (χ3n) is 3.69. The Morgan fingerprint density at radius 1 is 1.28 bits per heavy atom. The van der Waals surface area contributed by atoms with Crippen molar-refractivity contribution in [3.63, 3.8) is 0 Å². The highest BCUT2D eigenvalue weighted by atomic mass is 16.5. The summed E-state index contributed by atoms with van der Waals surface area (Å²) in [7, 11) is 3.17. The maximum absolute atomic E-state index is 12.5. The fourth-order valence-corrected chi connectivity index (χ4v) is 2.19. The lowest BCUT2D eigenvalue weighted by Crippen LogP contribution is -2.25. The molecule has 0 heterocycles. The molecule has 0 unspecified atom stereocenters. The van der Waals surface area contributed by atoms with Crippen LogP contribution in [0.4, 0.5) is 0 Å². The second-order valence-corrected chi connectivity index (χ2v) is 4.84. The maximum Gasteiger partial charge on any atom is 0.174 e. The van der Waals surface area contributed by atoms with Gasteiger partial charge in [-0.15, -0.1) is 0 Å². The van der Waals surface area contributed by atoms with E-state index in [2.05, 4.69) is 0 Å². The topological polar surface area (TPSA) is 61.5 Å². The van der Waals surface area contributed by atoms with E-state index in [0.717, 1.165) is 18.4 Å². The van der Waals surface area contributed by atoms with Crippen molar-refractivity contribution in [2.45, 2.75) is 19.8 Å². The molecule has 4 heteroatoms. The van der Waals surface area contributed by atoms with Gasteiger partial charge in [-0.2, -0.15) is 0 Å². The van der Waals surface area contributed by atoms with Crippen molar-refractivity contribution < 1.29 is 14.3 Å². The molecule has 2 rings (SSSR count). The van der Waals surface area contributed by atoms with Crippen LogP contribution in [-0.4, -0.2) is 26.5 Å². The Bertz CT molecular complexity index is 478. The lowest BCUT2D eigenvalue weighted by molar-refractivity contribution is 0.0902. The number of hydrogen-bond donors (Lipinski definition) is 1. The Kier molecular flexibility index (Phi) is 3.30. The third kappa shape index (κ3) is 1.97. The SMILES string of the molecule is COc1cc(C(=O)C2(CN)CC2)c(OC)cc1C. The van der Waals surface area contributed by atoms with Crippen LogP contribution in [0.15, 0.2) is 12.1 Å². The third-order valence-corrected chi connectivity index (χ3v) is 3.69. The predicted molar refractivity (Wildman–Crippen MR) is 69.3 cm³/mol. The summed E-state index contributed by atoms with van der Waals surface area (Å²) in [6, 6.07) is 3.59. The summed E-state index contributed by atoms with van der Waals surface area (Å²) in [6.07, 6.45) is 1.73. The van der Waals surface area contributed by atoms with Crippen molar-refractivity contribution in [3.05, 3.63) is 23.3 Å². The van der Waals surface area contributed by atoms with Crippen LogP contribution in [0.25, 0.3) is 0 Å². The van der Waals surface area contributed by atoms with Crippen molar-refractivity contribution in [1.29, 1.82) is 0 Å². The summed E-state index contributed by atoms with van der Waals surface area (Å²) in [6.45, 7) is 2.32. The molecule has 1 aromatic carbocycles. The molecular weight excluding hydrogens is 230 g/mol. The number of aryl methyl sites for hydroxylation is 1. The van der Waals surface area contributed by atoms with Crippen molar-refractivity contribution in [3.8, 4) is 11.5 Å². The molecule has 0 aliphatic heterocycles. The average molecular weight is 249 g/mol. The number of methoxy groups -OCH3 is 2. The zero-order valence-corrected chi connectivity index (χ0v) is 11.1. The highest BCUT2D eigenvalue weighted by Gasteiger charge is 2.49. The molecule has 1 fully saturated rings. The molecule has 0 spiro atoms. The molecule has 0 atom stereocenters. The van der Waals surface area contributed by atoms with E-state index >= 15 is 0 Å². The summed E-state index contributed by atoms with van der Waals surface area (Å²) >= 11 is 0. The Morgan fingerprint density at radius 3 is 2.33 bits per heavy atom. The van der Waals surface area contributed by atoms with E-state index in [9.17, 15) is 4.79 Å². The molecule has 1 aliphatic carbocycles. The number of carbonyl (C=O) groups excluding carboxylic acids is 1. The molecule has 1 aromatic rings. The van der Waals surface area contributed by atoms with Gasteiger partial charge in [0.15, 0.2) is 5.78 Å². The van der Waals surface area contributed by atoms with Gasteiger partial charge in [0, 0.05) is 12.0 Å². The van der Waals surface area contributed by atoms with E-state index in [1.165, 1.54) is 0 Å². The predicted octanol–water partition coefficient (Wildman–Crippen LogP) is 1.93. The first-order chi connectivity index (χ1) is 8.57. The van der Waals surface area contributed by atoms with Gasteiger partial charge in [-0.05, 0) is 37.5 Å². The maximum atomic E-state index is 12.5. The zero-order valence-electron chi connectivity index (χ0n) is 11.1. The first kappa shape index (κ1) is 12.9. The largest absolute Gasteiger partial charge is 0.496 e. The molecule has 1 aliphatic rings. The van der Waals surface area contributed by atoms with Gasteiger partial charge in [0.25, 0.3) is 0 Å². The number of benzene rings is 1. The highest BCUT2D eigenvalue weighted by Crippen LogP contribution is 2.48. The standard InChI is InChI=1S/C14H19NO3/c1-9-6-12(18-3)10(7-11(9)17-2)13(16)14(8-15)4-5-14/h6-7H,4-5,8,15H2,1-3H3. The van der Waals surface area contributed by atoms with E-state index in [-0.39, 0.29) is 11.2 Å². The molecule has 0 bridgehead atoms. The van der Waals surface area contributed by atoms with E-state index in [1.54, 1.807) is 20.3 Å². The van der Waals surface area contributed by atoms with Crippen molar-refractivity contribution in [1.82, 2.24) is 0 Å². The quantitative estimate of drug-likeness (QED) is 0.810. The van der Waals surface area contributed by atoms with Crippen LogP contribution in [0.3, 0.4) is 0 Å². The smallest absolute Gasteiger partial charge is 0.174 e. The molecule has 18 heavy (non-hydrogen) atoms.